The van der Waals surface area contributed by atoms with Crippen LogP contribution in [0.4, 0.5) is 0 Å². The van der Waals surface area contributed by atoms with E-state index >= 15 is 0 Å². The number of benzene rings is 1. The number of ether oxygens (including phenoxy) is 3. The fraction of sp³-hybridized carbons (Fsp3) is 0.500. The second kappa shape index (κ2) is 6.98. The summed E-state index contributed by atoms with van der Waals surface area (Å²) in [6.07, 6.45) is 0. The largest absolute Gasteiger partial charge is 0.493 e. The maximum absolute atomic E-state index is 8.70. The van der Waals surface area contributed by atoms with Crippen molar-refractivity contribution in [3.63, 3.8) is 0 Å². The zero-order chi connectivity index (χ0) is 12.7. The van der Waals surface area contributed by atoms with Gasteiger partial charge >= 0.3 is 0 Å². The molecule has 0 amide bonds. The first-order valence-electron chi connectivity index (χ1n) is 5.37. The van der Waals surface area contributed by atoms with E-state index < -0.39 is 0 Å². The Bertz CT molecular complexity index is 329. The number of rotatable bonds is 7. The third-order valence-electron chi connectivity index (χ3n) is 2.34. The average Bonchev–Trinajstić information content (AvgIpc) is 2.37. The minimum Gasteiger partial charge on any atom is -0.493 e. The molecule has 2 N–H and O–H groups in total. The predicted molar refractivity (Wildman–Crippen MR) is 64.9 cm³/mol. The van der Waals surface area contributed by atoms with E-state index in [0.29, 0.717) is 30.3 Å². The summed E-state index contributed by atoms with van der Waals surface area (Å²) in [5.74, 6) is 1.85. The molecule has 0 aliphatic heterocycles. The van der Waals surface area contributed by atoms with Crippen molar-refractivity contribution in [3.8, 4) is 17.2 Å². The average molecular weight is 241 g/mol. The SMILES string of the molecule is COc1cc(CNCCO)cc(OC)c1OC. The van der Waals surface area contributed by atoms with Crippen molar-refractivity contribution < 1.29 is 19.3 Å². The number of aliphatic hydroxyl groups is 1. The summed E-state index contributed by atoms with van der Waals surface area (Å²) in [7, 11) is 4.74. The Hall–Kier alpha value is -1.46. The van der Waals surface area contributed by atoms with Gasteiger partial charge in [0.25, 0.3) is 0 Å². The van der Waals surface area contributed by atoms with Crippen LogP contribution in [0.2, 0.25) is 0 Å². The summed E-state index contributed by atoms with van der Waals surface area (Å²) in [6, 6.07) is 3.76. The smallest absolute Gasteiger partial charge is 0.203 e. The number of hydrogen-bond donors (Lipinski definition) is 2. The van der Waals surface area contributed by atoms with Crippen molar-refractivity contribution >= 4 is 0 Å². The van der Waals surface area contributed by atoms with Crippen LogP contribution in [0.25, 0.3) is 0 Å². The molecule has 1 aromatic carbocycles. The van der Waals surface area contributed by atoms with Gasteiger partial charge in [0.15, 0.2) is 11.5 Å². The zero-order valence-electron chi connectivity index (χ0n) is 10.4. The normalized spacial score (nSPS) is 10.1. The number of aliphatic hydroxyl groups excluding tert-OH is 1. The topological polar surface area (TPSA) is 60.0 Å². The lowest BCUT2D eigenvalue weighted by molar-refractivity contribution is 0.291. The molecule has 0 saturated heterocycles. The summed E-state index contributed by atoms with van der Waals surface area (Å²) in [5.41, 5.74) is 1.01. The first-order valence-corrected chi connectivity index (χ1v) is 5.37. The van der Waals surface area contributed by atoms with Crippen LogP contribution in [0.3, 0.4) is 0 Å². The molecule has 0 bridgehead atoms. The van der Waals surface area contributed by atoms with Gasteiger partial charge in [0.2, 0.25) is 5.75 Å². The van der Waals surface area contributed by atoms with Gasteiger partial charge in [-0.15, -0.1) is 0 Å². The fourth-order valence-corrected chi connectivity index (χ4v) is 1.55. The number of hydrogen-bond acceptors (Lipinski definition) is 5. The van der Waals surface area contributed by atoms with Gasteiger partial charge in [0.1, 0.15) is 0 Å². The maximum atomic E-state index is 8.70. The molecular formula is C12H19NO4. The number of nitrogens with one attached hydrogen (secondary N) is 1. The molecule has 5 nitrogen and oxygen atoms in total. The summed E-state index contributed by atoms with van der Waals surface area (Å²) in [5, 5.41) is 11.8. The van der Waals surface area contributed by atoms with E-state index in [1.54, 1.807) is 21.3 Å². The summed E-state index contributed by atoms with van der Waals surface area (Å²) in [4.78, 5) is 0. The van der Waals surface area contributed by atoms with Gasteiger partial charge < -0.3 is 24.6 Å². The molecule has 0 atom stereocenters. The Morgan fingerprint density at radius 1 is 1.06 bits per heavy atom. The molecule has 0 aliphatic carbocycles. The van der Waals surface area contributed by atoms with Crippen LogP contribution in [0.1, 0.15) is 5.56 Å². The monoisotopic (exact) mass is 241 g/mol. The lowest BCUT2D eigenvalue weighted by Gasteiger charge is -2.14. The van der Waals surface area contributed by atoms with Crippen molar-refractivity contribution in [3.05, 3.63) is 17.7 Å². The minimum absolute atomic E-state index is 0.116. The van der Waals surface area contributed by atoms with Crippen molar-refractivity contribution in [2.24, 2.45) is 0 Å². The molecular weight excluding hydrogens is 222 g/mol. The van der Waals surface area contributed by atoms with E-state index in [-0.39, 0.29) is 6.61 Å². The van der Waals surface area contributed by atoms with Gasteiger partial charge in [-0.2, -0.15) is 0 Å². The molecule has 17 heavy (non-hydrogen) atoms. The highest BCUT2D eigenvalue weighted by atomic mass is 16.5. The minimum atomic E-state index is 0.116. The summed E-state index contributed by atoms with van der Waals surface area (Å²) < 4.78 is 15.7. The van der Waals surface area contributed by atoms with E-state index in [4.69, 9.17) is 19.3 Å². The van der Waals surface area contributed by atoms with Crippen molar-refractivity contribution in [1.29, 1.82) is 0 Å². The molecule has 1 rings (SSSR count). The Morgan fingerprint density at radius 3 is 2.06 bits per heavy atom. The Balaban J connectivity index is 2.92. The lowest BCUT2D eigenvalue weighted by atomic mass is 10.2. The highest BCUT2D eigenvalue weighted by Gasteiger charge is 2.12. The van der Waals surface area contributed by atoms with Crippen LogP contribution in [0.15, 0.2) is 12.1 Å². The van der Waals surface area contributed by atoms with Crippen molar-refractivity contribution in [2.75, 3.05) is 34.5 Å². The second-order valence-electron chi connectivity index (χ2n) is 3.43. The number of methoxy groups -OCH3 is 3. The van der Waals surface area contributed by atoms with Crippen LogP contribution in [0, 0.1) is 0 Å². The van der Waals surface area contributed by atoms with Crippen molar-refractivity contribution in [2.45, 2.75) is 6.54 Å². The standard InChI is InChI=1S/C12H19NO4/c1-15-10-6-9(8-13-4-5-14)7-11(16-2)12(10)17-3/h6-7,13-14H,4-5,8H2,1-3H3. The molecule has 0 fully saturated rings. The highest BCUT2D eigenvalue weighted by molar-refractivity contribution is 5.53. The zero-order valence-corrected chi connectivity index (χ0v) is 10.4. The summed E-state index contributed by atoms with van der Waals surface area (Å²) in [6.45, 7) is 1.30. The lowest BCUT2D eigenvalue weighted by Crippen LogP contribution is -2.17. The molecule has 0 spiro atoms. The van der Waals surface area contributed by atoms with E-state index in [9.17, 15) is 0 Å². The maximum Gasteiger partial charge on any atom is 0.203 e. The van der Waals surface area contributed by atoms with Gasteiger partial charge in [-0.3, -0.25) is 0 Å². The second-order valence-corrected chi connectivity index (χ2v) is 3.43. The van der Waals surface area contributed by atoms with Crippen LogP contribution in [0.5, 0.6) is 17.2 Å². The van der Waals surface area contributed by atoms with Gasteiger partial charge in [0, 0.05) is 13.1 Å². The molecule has 1 aromatic rings. The quantitative estimate of drug-likeness (QED) is 0.691. The molecule has 0 aromatic heterocycles. The highest BCUT2D eigenvalue weighted by Crippen LogP contribution is 2.38. The molecule has 0 saturated carbocycles. The third-order valence-corrected chi connectivity index (χ3v) is 2.34. The summed E-state index contributed by atoms with van der Waals surface area (Å²) >= 11 is 0. The van der Waals surface area contributed by atoms with E-state index in [1.165, 1.54) is 0 Å². The van der Waals surface area contributed by atoms with E-state index in [1.807, 2.05) is 12.1 Å². The molecule has 0 radical (unpaired) electrons. The molecule has 5 heteroatoms. The Morgan fingerprint density at radius 2 is 1.65 bits per heavy atom. The van der Waals surface area contributed by atoms with Crippen LogP contribution in [-0.2, 0) is 6.54 Å². The van der Waals surface area contributed by atoms with Crippen LogP contribution >= 0.6 is 0 Å². The van der Waals surface area contributed by atoms with Crippen molar-refractivity contribution in [1.82, 2.24) is 5.32 Å². The predicted octanol–water partition coefficient (Wildman–Crippen LogP) is 0.794. The fourth-order valence-electron chi connectivity index (χ4n) is 1.55. The molecule has 0 unspecified atom stereocenters. The molecule has 0 aliphatic rings. The van der Waals surface area contributed by atoms with Gasteiger partial charge in [-0.05, 0) is 17.7 Å². The molecule has 0 heterocycles. The Kier molecular flexibility index (Phi) is 5.59. The third kappa shape index (κ3) is 3.51. The first kappa shape index (κ1) is 13.6. The molecule has 96 valence electrons. The van der Waals surface area contributed by atoms with Crippen LogP contribution in [-0.4, -0.2) is 39.6 Å². The van der Waals surface area contributed by atoms with E-state index in [0.717, 1.165) is 5.56 Å². The van der Waals surface area contributed by atoms with Gasteiger partial charge in [-0.25, -0.2) is 0 Å². The van der Waals surface area contributed by atoms with Crippen LogP contribution < -0.4 is 19.5 Å². The Labute approximate surface area is 101 Å². The van der Waals surface area contributed by atoms with Gasteiger partial charge in [-0.1, -0.05) is 0 Å². The first-order chi connectivity index (χ1) is 8.26. The van der Waals surface area contributed by atoms with Gasteiger partial charge in [0.05, 0.1) is 27.9 Å². The van der Waals surface area contributed by atoms with E-state index in [2.05, 4.69) is 5.32 Å².